The number of pyridine rings is 1. The van der Waals surface area contributed by atoms with Crippen LogP contribution in [0.4, 0.5) is 0 Å². The average molecular weight is 488 g/mol. The van der Waals surface area contributed by atoms with E-state index in [1.165, 1.54) is 26.3 Å². The molecular formula is C26H33NO8. The Balaban J connectivity index is 2.08. The molecule has 0 aliphatic rings. The molecule has 1 aromatic carbocycles. The minimum atomic E-state index is -0.748. The van der Waals surface area contributed by atoms with E-state index in [-0.39, 0.29) is 29.5 Å². The van der Waals surface area contributed by atoms with Crippen molar-refractivity contribution in [1.29, 1.82) is 0 Å². The number of methoxy groups -OCH3 is 1. The van der Waals surface area contributed by atoms with Gasteiger partial charge in [-0.1, -0.05) is 39.0 Å². The molecular weight excluding hydrogens is 454 g/mol. The minimum Gasteiger partial charge on any atom is -0.493 e. The molecule has 0 spiro atoms. The van der Waals surface area contributed by atoms with Crippen molar-refractivity contribution in [2.75, 3.05) is 13.9 Å². The van der Waals surface area contributed by atoms with Crippen molar-refractivity contribution in [3.8, 4) is 17.2 Å². The van der Waals surface area contributed by atoms with Crippen molar-refractivity contribution in [2.45, 2.75) is 53.2 Å². The van der Waals surface area contributed by atoms with Gasteiger partial charge in [0.25, 0.3) is 0 Å². The van der Waals surface area contributed by atoms with Crippen LogP contribution in [0.5, 0.6) is 17.2 Å². The van der Waals surface area contributed by atoms with Gasteiger partial charge in [0, 0.05) is 25.6 Å². The van der Waals surface area contributed by atoms with Crippen molar-refractivity contribution >= 4 is 17.7 Å². The number of carbonyl (C=O) groups excluding carboxylic acids is 3. The molecule has 0 aliphatic heterocycles. The van der Waals surface area contributed by atoms with E-state index in [9.17, 15) is 14.4 Å². The lowest BCUT2D eigenvalue weighted by molar-refractivity contribution is -0.161. The lowest BCUT2D eigenvalue weighted by atomic mass is 10.00. The van der Waals surface area contributed by atoms with Crippen LogP contribution in [0.2, 0.25) is 0 Å². The van der Waals surface area contributed by atoms with E-state index in [2.05, 4.69) is 4.98 Å². The Labute approximate surface area is 205 Å². The average Bonchev–Trinajstić information content (AvgIpc) is 2.82. The molecule has 0 saturated carbocycles. The normalized spacial score (nSPS) is 13.3. The number of ketones is 1. The van der Waals surface area contributed by atoms with Crippen molar-refractivity contribution in [3.05, 3.63) is 48.3 Å². The summed E-state index contributed by atoms with van der Waals surface area (Å²) in [4.78, 5) is 41.0. The Kier molecular flexibility index (Phi) is 10.5. The van der Waals surface area contributed by atoms with Gasteiger partial charge < -0.3 is 23.7 Å². The SMILES string of the molecule is COc1ccnc(C(=O)C[C@@H](C)C(=O)O[C@@H](C(C)C)[C@H](C)Oc2ccccc2)c1OCOC(C)=O. The quantitative estimate of drug-likeness (QED) is 0.233. The van der Waals surface area contributed by atoms with Gasteiger partial charge in [0.1, 0.15) is 18.0 Å². The lowest BCUT2D eigenvalue weighted by Crippen LogP contribution is -2.39. The minimum absolute atomic E-state index is 0.0121. The highest BCUT2D eigenvalue weighted by molar-refractivity contribution is 5.99. The summed E-state index contributed by atoms with van der Waals surface area (Å²) in [7, 11) is 1.41. The van der Waals surface area contributed by atoms with E-state index in [4.69, 9.17) is 23.7 Å². The Morgan fingerprint density at radius 1 is 1.00 bits per heavy atom. The zero-order valence-corrected chi connectivity index (χ0v) is 21.0. The fourth-order valence-corrected chi connectivity index (χ4v) is 3.36. The maximum atomic E-state index is 13.0. The molecule has 0 unspecified atom stereocenters. The maximum absolute atomic E-state index is 13.0. The summed E-state index contributed by atoms with van der Waals surface area (Å²) in [5, 5.41) is 0. The van der Waals surface area contributed by atoms with E-state index in [0.29, 0.717) is 5.75 Å². The molecule has 0 amide bonds. The maximum Gasteiger partial charge on any atom is 0.309 e. The summed E-state index contributed by atoms with van der Waals surface area (Å²) in [6, 6.07) is 10.8. The highest BCUT2D eigenvalue weighted by atomic mass is 16.7. The van der Waals surface area contributed by atoms with Gasteiger partial charge in [0.05, 0.1) is 13.0 Å². The molecule has 1 heterocycles. The second kappa shape index (κ2) is 13.3. The smallest absolute Gasteiger partial charge is 0.309 e. The third-order valence-electron chi connectivity index (χ3n) is 5.15. The van der Waals surface area contributed by atoms with Crippen LogP contribution in [0.3, 0.4) is 0 Å². The van der Waals surface area contributed by atoms with E-state index in [1.54, 1.807) is 6.92 Å². The number of Topliss-reactive ketones (excluding diaryl/α,β-unsaturated/α-hetero) is 1. The van der Waals surface area contributed by atoms with Crippen molar-refractivity contribution in [2.24, 2.45) is 11.8 Å². The highest BCUT2D eigenvalue weighted by Gasteiger charge is 2.30. The number of esters is 2. The number of aromatic nitrogens is 1. The van der Waals surface area contributed by atoms with E-state index in [0.717, 1.165) is 0 Å². The molecule has 190 valence electrons. The standard InChI is InChI=1S/C26H33NO8/c1-16(2)24(18(4)34-20-10-8-7-9-11-20)35-26(30)17(3)14-21(29)23-25(33-15-32-19(5)28)22(31-6)12-13-27-23/h7-13,16-18,24H,14-15H2,1-6H3/t17-,18+,24+/m1/s1. The van der Waals surface area contributed by atoms with Gasteiger partial charge in [-0.25, -0.2) is 4.98 Å². The fourth-order valence-electron chi connectivity index (χ4n) is 3.36. The summed E-state index contributed by atoms with van der Waals surface area (Å²) in [6.45, 7) is 8.15. The van der Waals surface area contributed by atoms with Gasteiger partial charge in [-0.3, -0.25) is 14.4 Å². The summed E-state index contributed by atoms with van der Waals surface area (Å²) in [5.74, 6) is -1.31. The number of ether oxygens (including phenoxy) is 5. The van der Waals surface area contributed by atoms with Crippen molar-refractivity contribution in [1.82, 2.24) is 4.98 Å². The number of benzene rings is 1. The van der Waals surface area contributed by atoms with Gasteiger partial charge in [0.2, 0.25) is 6.79 Å². The molecule has 9 heteroatoms. The summed E-state index contributed by atoms with van der Waals surface area (Å²) < 4.78 is 27.2. The molecule has 0 saturated heterocycles. The first-order chi connectivity index (χ1) is 16.6. The molecule has 0 fully saturated rings. The fraction of sp³-hybridized carbons (Fsp3) is 0.462. The van der Waals surface area contributed by atoms with Gasteiger partial charge in [-0.05, 0) is 25.0 Å². The van der Waals surface area contributed by atoms with E-state index >= 15 is 0 Å². The monoisotopic (exact) mass is 487 g/mol. The first-order valence-corrected chi connectivity index (χ1v) is 11.4. The van der Waals surface area contributed by atoms with Gasteiger partial charge in [0.15, 0.2) is 23.0 Å². The molecule has 0 radical (unpaired) electrons. The molecule has 9 nitrogen and oxygen atoms in total. The topological polar surface area (TPSA) is 110 Å². The largest absolute Gasteiger partial charge is 0.493 e. The molecule has 35 heavy (non-hydrogen) atoms. The van der Waals surface area contributed by atoms with E-state index < -0.39 is 42.6 Å². The number of para-hydroxylation sites is 1. The summed E-state index contributed by atoms with van der Waals surface area (Å²) >= 11 is 0. The zero-order valence-electron chi connectivity index (χ0n) is 21.0. The number of rotatable bonds is 13. The number of nitrogens with zero attached hydrogens (tertiary/aromatic N) is 1. The lowest BCUT2D eigenvalue weighted by Gasteiger charge is -2.29. The molecule has 0 bridgehead atoms. The van der Waals surface area contributed by atoms with E-state index in [1.807, 2.05) is 51.1 Å². The Morgan fingerprint density at radius 2 is 1.69 bits per heavy atom. The molecule has 2 aromatic rings. The number of hydrogen-bond acceptors (Lipinski definition) is 9. The molecule has 1 aromatic heterocycles. The molecule has 2 rings (SSSR count). The van der Waals surface area contributed by atoms with Crippen LogP contribution in [-0.4, -0.2) is 48.8 Å². The number of carbonyl (C=O) groups is 3. The Bertz CT molecular complexity index is 992. The van der Waals surface area contributed by atoms with Gasteiger partial charge in [-0.2, -0.15) is 0 Å². The molecule has 3 atom stereocenters. The molecule has 0 N–H and O–H groups in total. The summed E-state index contributed by atoms with van der Waals surface area (Å²) in [6.07, 6.45) is 0.315. The number of hydrogen-bond donors (Lipinski definition) is 0. The van der Waals surface area contributed by atoms with Gasteiger partial charge in [-0.15, -0.1) is 0 Å². The first kappa shape index (κ1) is 27.6. The second-order valence-electron chi connectivity index (χ2n) is 8.40. The van der Waals surface area contributed by atoms with Crippen LogP contribution in [-0.2, 0) is 19.1 Å². The zero-order chi connectivity index (χ0) is 26.0. The predicted octanol–water partition coefficient (Wildman–Crippen LogP) is 4.23. The third-order valence-corrected chi connectivity index (χ3v) is 5.15. The predicted molar refractivity (Wildman–Crippen MR) is 127 cm³/mol. The Hall–Kier alpha value is -3.62. The highest BCUT2D eigenvalue weighted by Crippen LogP contribution is 2.31. The van der Waals surface area contributed by atoms with Crippen molar-refractivity contribution < 1.29 is 38.1 Å². The van der Waals surface area contributed by atoms with Crippen LogP contribution in [0, 0.1) is 11.8 Å². The third kappa shape index (κ3) is 8.27. The van der Waals surface area contributed by atoms with Gasteiger partial charge >= 0.3 is 11.9 Å². The second-order valence-corrected chi connectivity index (χ2v) is 8.40. The van der Waals surface area contributed by atoms with Crippen LogP contribution in [0.25, 0.3) is 0 Å². The van der Waals surface area contributed by atoms with Crippen LogP contribution in [0.15, 0.2) is 42.6 Å². The van der Waals surface area contributed by atoms with Crippen molar-refractivity contribution in [3.63, 3.8) is 0 Å². The summed E-state index contributed by atoms with van der Waals surface area (Å²) in [5.41, 5.74) is -0.0302. The van der Waals surface area contributed by atoms with Crippen LogP contribution < -0.4 is 14.2 Å². The molecule has 0 aliphatic carbocycles. The Morgan fingerprint density at radius 3 is 2.29 bits per heavy atom. The van der Waals surface area contributed by atoms with Crippen LogP contribution in [0.1, 0.15) is 51.5 Å². The van der Waals surface area contributed by atoms with Crippen LogP contribution >= 0.6 is 0 Å². The first-order valence-electron chi connectivity index (χ1n) is 11.4.